The summed E-state index contributed by atoms with van der Waals surface area (Å²) in [6.45, 7) is 0. The van der Waals surface area contributed by atoms with Gasteiger partial charge in [0.1, 0.15) is 11.3 Å². The predicted octanol–water partition coefficient (Wildman–Crippen LogP) is 5.05. The standard InChI is InChI=1S/C21H17N7OS/c1-22-20-24-10-8-16(26-20)15-3-2-9-23-19(15)29-14-6-4-13(5-7-14)25-21-27-17-11-30-12-18(17)28-21/h2-12H,1H3,(H,22,24,26)(H2,25,27,28). The van der Waals surface area contributed by atoms with Gasteiger partial charge in [-0.25, -0.2) is 19.9 Å². The molecule has 0 spiro atoms. The number of hydrogen-bond acceptors (Lipinski definition) is 8. The van der Waals surface area contributed by atoms with Gasteiger partial charge in [-0.2, -0.15) is 0 Å². The van der Waals surface area contributed by atoms with Crippen LogP contribution in [0.25, 0.3) is 22.3 Å². The van der Waals surface area contributed by atoms with Gasteiger partial charge in [-0.1, -0.05) is 0 Å². The van der Waals surface area contributed by atoms with Crippen LogP contribution in [0.3, 0.4) is 0 Å². The Hall–Kier alpha value is -3.98. The molecule has 0 aliphatic rings. The summed E-state index contributed by atoms with van der Waals surface area (Å²) in [7, 11) is 1.78. The van der Waals surface area contributed by atoms with E-state index in [1.807, 2.05) is 53.2 Å². The summed E-state index contributed by atoms with van der Waals surface area (Å²) in [5, 5.41) is 10.2. The Morgan fingerprint density at radius 2 is 1.87 bits per heavy atom. The van der Waals surface area contributed by atoms with Crippen molar-refractivity contribution in [2.24, 2.45) is 0 Å². The van der Waals surface area contributed by atoms with Gasteiger partial charge in [-0.15, -0.1) is 11.3 Å². The fourth-order valence-electron chi connectivity index (χ4n) is 2.96. The average molecular weight is 415 g/mol. The third-order valence-corrected chi connectivity index (χ3v) is 5.12. The lowest BCUT2D eigenvalue weighted by Gasteiger charge is -2.11. The number of nitrogens with one attached hydrogen (secondary N) is 3. The number of anilines is 3. The fraction of sp³-hybridized carbons (Fsp3) is 0.0476. The summed E-state index contributed by atoms with van der Waals surface area (Å²) in [6.07, 6.45) is 3.39. The molecule has 0 aliphatic heterocycles. The Bertz CT molecular complexity index is 1270. The molecule has 5 aromatic rings. The van der Waals surface area contributed by atoms with Gasteiger partial charge in [-0.05, 0) is 42.5 Å². The SMILES string of the molecule is CNc1nccc(-c2cccnc2Oc2ccc(Nc3nc4cscc4[nH]3)cc2)n1. The van der Waals surface area contributed by atoms with Crippen LogP contribution in [-0.2, 0) is 0 Å². The van der Waals surface area contributed by atoms with Gasteiger partial charge in [0, 0.05) is 35.9 Å². The number of fused-ring (bicyclic) bond motifs is 1. The number of ether oxygens (including phenoxy) is 1. The summed E-state index contributed by atoms with van der Waals surface area (Å²) in [5.74, 6) is 2.39. The first kappa shape index (κ1) is 18.1. The second kappa shape index (κ2) is 7.80. The molecule has 0 saturated heterocycles. The molecule has 0 amide bonds. The summed E-state index contributed by atoms with van der Waals surface area (Å²) in [6, 6.07) is 13.2. The van der Waals surface area contributed by atoms with Gasteiger partial charge in [-0.3, -0.25) is 0 Å². The third kappa shape index (κ3) is 3.65. The maximum atomic E-state index is 6.04. The van der Waals surface area contributed by atoms with Crippen molar-refractivity contribution in [1.82, 2.24) is 24.9 Å². The minimum Gasteiger partial charge on any atom is -0.438 e. The van der Waals surface area contributed by atoms with E-state index in [1.54, 1.807) is 30.8 Å². The Morgan fingerprint density at radius 3 is 2.70 bits per heavy atom. The molecule has 4 heterocycles. The number of hydrogen-bond donors (Lipinski definition) is 3. The van der Waals surface area contributed by atoms with Gasteiger partial charge >= 0.3 is 0 Å². The van der Waals surface area contributed by atoms with Crippen LogP contribution in [0.5, 0.6) is 11.6 Å². The van der Waals surface area contributed by atoms with E-state index in [0.29, 0.717) is 23.5 Å². The molecular weight excluding hydrogens is 398 g/mol. The zero-order valence-electron chi connectivity index (χ0n) is 16.0. The lowest BCUT2D eigenvalue weighted by Crippen LogP contribution is -1.98. The van der Waals surface area contributed by atoms with Gasteiger partial charge in [0.25, 0.3) is 0 Å². The van der Waals surface area contributed by atoms with E-state index in [0.717, 1.165) is 28.0 Å². The monoisotopic (exact) mass is 415 g/mol. The first-order valence-corrected chi connectivity index (χ1v) is 10.2. The molecule has 3 N–H and O–H groups in total. The molecule has 0 bridgehead atoms. The zero-order valence-corrected chi connectivity index (χ0v) is 16.8. The van der Waals surface area contributed by atoms with E-state index in [1.165, 1.54) is 0 Å². The van der Waals surface area contributed by atoms with Crippen LogP contribution in [0.2, 0.25) is 0 Å². The minimum absolute atomic E-state index is 0.477. The lowest BCUT2D eigenvalue weighted by molar-refractivity contribution is 0.465. The van der Waals surface area contributed by atoms with Crippen LogP contribution in [0, 0.1) is 0 Å². The van der Waals surface area contributed by atoms with Gasteiger partial charge < -0.3 is 20.4 Å². The van der Waals surface area contributed by atoms with Crippen LogP contribution >= 0.6 is 11.3 Å². The van der Waals surface area contributed by atoms with Crippen molar-refractivity contribution < 1.29 is 4.74 Å². The molecule has 5 rings (SSSR count). The molecule has 0 saturated carbocycles. The molecule has 148 valence electrons. The molecule has 1 aromatic carbocycles. The number of nitrogens with zero attached hydrogens (tertiary/aromatic N) is 4. The quantitative estimate of drug-likeness (QED) is 0.357. The van der Waals surface area contributed by atoms with Gasteiger partial charge in [0.05, 0.1) is 16.8 Å². The molecule has 0 unspecified atom stereocenters. The lowest BCUT2D eigenvalue weighted by atomic mass is 10.2. The first-order valence-electron chi connectivity index (χ1n) is 9.21. The number of aromatic nitrogens is 5. The fourth-order valence-corrected chi connectivity index (χ4v) is 3.65. The number of aromatic amines is 1. The molecule has 8 nitrogen and oxygen atoms in total. The predicted molar refractivity (Wildman–Crippen MR) is 119 cm³/mol. The maximum Gasteiger partial charge on any atom is 0.228 e. The van der Waals surface area contributed by atoms with Gasteiger partial charge in [0.2, 0.25) is 17.8 Å². The van der Waals surface area contributed by atoms with E-state index in [-0.39, 0.29) is 0 Å². The highest BCUT2D eigenvalue weighted by atomic mass is 32.1. The van der Waals surface area contributed by atoms with Crippen molar-refractivity contribution in [2.75, 3.05) is 17.7 Å². The normalized spacial score (nSPS) is 10.8. The molecular formula is C21H17N7OS. The highest BCUT2D eigenvalue weighted by Crippen LogP contribution is 2.31. The molecule has 0 fully saturated rings. The van der Waals surface area contributed by atoms with Crippen LogP contribution in [0.4, 0.5) is 17.6 Å². The van der Waals surface area contributed by atoms with Crippen LogP contribution in [-0.4, -0.2) is 32.0 Å². The van der Waals surface area contributed by atoms with Crippen LogP contribution in [0.1, 0.15) is 0 Å². The molecule has 9 heteroatoms. The van der Waals surface area contributed by atoms with Crippen molar-refractivity contribution in [3.05, 3.63) is 65.6 Å². The van der Waals surface area contributed by atoms with Crippen molar-refractivity contribution in [2.45, 2.75) is 0 Å². The van der Waals surface area contributed by atoms with Gasteiger partial charge in [0.15, 0.2) is 0 Å². The number of H-pyrrole nitrogens is 1. The van der Waals surface area contributed by atoms with Crippen LogP contribution in [0.15, 0.2) is 65.6 Å². The largest absolute Gasteiger partial charge is 0.438 e. The average Bonchev–Trinajstić information content (AvgIpc) is 3.37. The van der Waals surface area contributed by atoms with Crippen molar-refractivity contribution in [3.8, 4) is 22.9 Å². The Balaban J connectivity index is 1.35. The van der Waals surface area contributed by atoms with Crippen LogP contribution < -0.4 is 15.4 Å². The van der Waals surface area contributed by atoms with Crippen molar-refractivity contribution >= 4 is 40.0 Å². The van der Waals surface area contributed by atoms with E-state index in [9.17, 15) is 0 Å². The maximum absolute atomic E-state index is 6.04. The highest BCUT2D eigenvalue weighted by Gasteiger charge is 2.11. The van der Waals surface area contributed by atoms with Crippen molar-refractivity contribution in [3.63, 3.8) is 0 Å². The second-order valence-electron chi connectivity index (χ2n) is 6.38. The van der Waals surface area contributed by atoms with Crippen molar-refractivity contribution in [1.29, 1.82) is 0 Å². The number of rotatable bonds is 6. The molecule has 0 atom stereocenters. The number of pyridine rings is 1. The number of imidazole rings is 1. The molecule has 4 aromatic heterocycles. The zero-order chi connectivity index (χ0) is 20.3. The Labute approximate surface area is 176 Å². The smallest absolute Gasteiger partial charge is 0.228 e. The third-order valence-electron chi connectivity index (χ3n) is 4.38. The topological polar surface area (TPSA) is 101 Å². The number of benzene rings is 1. The van der Waals surface area contributed by atoms with E-state index in [4.69, 9.17) is 4.74 Å². The Morgan fingerprint density at radius 1 is 0.967 bits per heavy atom. The van der Waals surface area contributed by atoms with E-state index >= 15 is 0 Å². The summed E-state index contributed by atoms with van der Waals surface area (Å²) in [5.41, 5.74) is 4.40. The minimum atomic E-state index is 0.477. The molecule has 30 heavy (non-hydrogen) atoms. The van der Waals surface area contributed by atoms with E-state index < -0.39 is 0 Å². The summed E-state index contributed by atoms with van der Waals surface area (Å²) < 4.78 is 6.04. The summed E-state index contributed by atoms with van der Waals surface area (Å²) in [4.78, 5) is 20.8. The number of thiophene rings is 1. The van der Waals surface area contributed by atoms with E-state index in [2.05, 4.69) is 35.6 Å². The first-order chi connectivity index (χ1) is 14.8. The summed E-state index contributed by atoms with van der Waals surface area (Å²) >= 11 is 1.62. The highest BCUT2D eigenvalue weighted by molar-refractivity contribution is 7.09. The second-order valence-corrected chi connectivity index (χ2v) is 7.12. The molecule has 0 aliphatic carbocycles. The molecule has 0 radical (unpaired) electrons. The Kier molecular flexibility index (Phi) is 4.70.